The van der Waals surface area contributed by atoms with Crippen molar-refractivity contribution in [2.24, 2.45) is 0 Å². The van der Waals surface area contributed by atoms with Crippen LogP contribution in [0.2, 0.25) is 0 Å². The summed E-state index contributed by atoms with van der Waals surface area (Å²) in [7, 11) is 1.67. The molecule has 0 spiro atoms. The molecule has 1 saturated heterocycles. The third-order valence-corrected chi connectivity index (χ3v) is 4.54. The predicted molar refractivity (Wildman–Crippen MR) is 89.9 cm³/mol. The lowest BCUT2D eigenvalue weighted by Gasteiger charge is -2.25. The van der Waals surface area contributed by atoms with Crippen molar-refractivity contribution in [1.82, 2.24) is 10.3 Å². The highest BCUT2D eigenvalue weighted by Gasteiger charge is 2.28. The number of hydrogen-bond donors (Lipinski definition) is 2. The van der Waals surface area contributed by atoms with E-state index in [9.17, 15) is 4.79 Å². The van der Waals surface area contributed by atoms with E-state index in [0.29, 0.717) is 13.2 Å². The van der Waals surface area contributed by atoms with Gasteiger partial charge in [0.15, 0.2) is 0 Å². The number of nitrogens with one attached hydrogen (secondary N) is 2. The molecular weight excluding hydrogens is 292 g/mol. The van der Waals surface area contributed by atoms with Crippen molar-refractivity contribution < 1.29 is 14.3 Å². The maximum Gasteiger partial charge on any atom is 0.249 e. The van der Waals surface area contributed by atoms with Crippen LogP contribution in [-0.2, 0) is 14.9 Å². The van der Waals surface area contributed by atoms with Gasteiger partial charge in [0.25, 0.3) is 0 Å². The number of methoxy groups -OCH3 is 1. The summed E-state index contributed by atoms with van der Waals surface area (Å²) in [6, 6.07) is 5.98. The summed E-state index contributed by atoms with van der Waals surface area (Å²) in [5.41, 5.74) is 2.04. The van der Waals surface area contributed by atoms with E-state index >= 15 is 0 Å². The fraction of sp³-hybridized carbons (Fsp3) is 0.500. The Morgan fingerprint density at radius 2 is 2.30 bits per heavy atom. The second-order valence-electron chi connectivity index (χ2n) is 6.72. The number of carbonyl (C=O) groups is 1. The Bertz CT molecular complexity index is 699. The molecule has 0 bridgehead atoms. The summed E-state index contributed by atoms with van der Waals surface area (Å²) in [6.45, 7) is 5.51. The summed E-state index contributed by atoms with van der Waals surface area (Å²) >= 11 is 0. The lowest BCUT2D eigenvalue weighted by atomic mass is 9.84. The van der Waals surface area contributed by atoms with Crippen LogP contribution in [0.5, 0.6) is 5.75 Å². The molecular formula is C18H24N2O3. The number of aromatic nitrogens is 1. The van der Waals surface area contributed by atoms with E-state index in [1.54, 1.807) is 7.11 Å². The normalized spacial score (nSPS) is 18.3. The van der Waals surface area contributed by atoms with Crippen molar-refractivity contribution in [2.75, 3.05) is 20.3 Å². The third kappa shape index (κ3) is 3.20. The molecule has 2 heterocycles. The van der Waals surface area contributed by atoms with E-state index < -0.39 is 0 Å². The average molecular weight is 316 g/mol. The number of rotatable bonds is 5. The topological polar surface area (TPSA) is 63.3 Å². The summed E-state index contributed by atoms with van der Waals surface area (Å²) in [4.78, 5) is 15.5. The minimum atomic E-state index is -0.283. The molecule has 0 saturated carbocycles. The van der Waals surface area contributed by atoms with Crippen LogP contribution in [0.1, 0.15) is 32.3 Å². The molecule has 1 aliphatic rings. The van der Waals surface area contributed by atoms with Gasteiger partial charge in [0.1, 0.15) is 11.9 Å². The number of fused-ring (bicyclic) bond motifs is 1. The Kier molecular flexibility index (Phi) is 4.31. The van der Waals surface area contributed by atoms with Gasteiger partial charge in [0.05, 0.1) is 7.11 Å². The molecule has 1 aromatic carbocycles. The molecule has 1 fully saturated rings. The minimum Gasteiger partial charge on any atom is -0.497 e. The average Bonchev–Trinajstić information content (AvgIpc) is 3.21. The first-order chi connectivity index (χ1) is 11.0. The van der Waals surface area contributed by atoms with Crippen LogP contribution in [-0.4, -0.2) is 37.3 Å². The van der Waals surface area contributed by atoms with Crippen molar-refractivity contribution in [2.45, 2.75) is 38.2 Å². The molecule has 0 radical (unpaired) electrons. The zero-order valence-corrected chi connectivity index (χ0v) is 13.9. The van der Waals surface area contributed by atoms with Gasteiger partial charge in [0.2, 0.25) is 5.91 Å². The lowest BCUT2D eigenvalue weighted by Crippen LogP contribution is -2.41. The molecule has 1 amide bonds. The summed E-state index contributed by atoms with van der Waals surface area (Å²) < 4.78 is 10.8. The quantitative estimate of drug-likeness (QED) is 0.891. The van der Waals surface area contributed by atoms with Gasteiger partial charge in [-0.3, -0.25) is 4.79 Å². The number of hydrogen-bond acceptors (Lipinski definition) is 3. The highest BCUT2D eigenvalue weighted by atomic mass is 16.5. The monoisotopic (exact) mass is 316 g/mol. The van der Waals surface area contributed by atoms with Crippen LogP contribution in [0, 0.1) is 0 Å². The van der Waals surface area contributed by atoms with E-state index in [0.717, 1.165) is 29.5 Å². The fourth-order valence-electron chi connectivity index (χ4n) is 3.09. The van der Waals surface area contributed by atoms with E-state index in [1.165, 1.54) is 5.56 Å². The number of benzene rings is 1. The second kappa shape index (κ2) is 6.24. The number of carbonyl (C=O) groups excluding carboxylic acids is 1. The van der Waals surface area contributed by atoms with Crippen molar-refractivity contribution in [1.29, 1.82) is 0 Å². The van der Waals surface area contributed by atoms with Crippen LogP contribution in [0.4, 0.5) is 0 Å². The minimum absolute atomic E-state index is 0.00648. The molecule has 5 heteroatoms. The Morgan fingerprint density at radius 1 is 1.48 bits per heavy atom. The van der Waals surface area contributed by atoms with Crippen molar-refractivity contribution in [3.05, 3.63) is 30.0 Å². The predicted octanol–water partition coefficient (Wildman–Crippen LogP) is 2.75. The Labute approximate surface area is 136 Å². The van der Waals surface area contributed by atoms with Crippen LogP contribution < -0.4 is 10.1 Å². The van der Waals surface area contributed by atoms with Crippen molar-refractivity contribution in [3.8, 4) is 5.75 Å². The summed E-state index contributed by atoms with van der Waals surface area (Å²) in [6.07, 6.45) is 3.51. The number of aromatic amines is 1. The van der Waals surface area contributed by atoms with Gasteiger partial charge in [-0.15, -0.1) is 0 Å². The Hall–Kier alpha value is -2.01. The van der Waals surface area contributed by atoms with Crippen molar-refractivity contribution >= 4 is 16.8 Å². The molecule has 1 aliphatic heterocycles. The smallest absolute Gasteiger partial charge is 0.249 e. The largest absolute Gasteiger partial charge is 0.497 e. The fourth-order valence-corrected chi connectivity index (χ4v) is 3.09. The number of ether oxygens (including phenoxy) is 2. The number of H-pyrrole nitrogens is 1. The van der Waals surface area contributed by atoms with E-state index in [4.69, 9.17) is 9.47 Å². The third-order valence-electron chi connectivity index (χ3n) is 4.54. The Morgan fingerprint density at radius 3 is 3.00 bits per heavy atom. The maximum atomic E-state index is 12.2. The van der Waals surface area contributed by atoms with Gasteiger partial charge < -0.3 is 19.8 Å². The molecule has 3 rings (SSSR count). The highest BCUT2D eigenvalue weighted by molar-refractivity contribution is 5.86. The zero-order valence-electron chi connectivity index (χ0n) is 13.9. The van der Waals surface area contributed by atoms with E-state index in [1.807, 2.05) is 24.4 Å². The van der Waals surface area contributed by atoms with Crippen molar-refractivity contribution in [3.63, 3.8) is 0 Å². The standard InChI is InChI=1S/C18H24N2O3/c1-18(2,11-20-17(21)16-5-4-8-23-16)14-10-19-15-7-6-12(22-3)9-13(14)15/h6-7,9-10,16,19H,4-5,8,11H2,1-3H3,(H,20,21). The summed E-state index contributed by atoms with van der Waals surface area (Å²) in [5.74, 6) is 0.825. The molecule has 2 N–H and O–H groups in total. The molecule has 1 aromatic heterocycles. The van der Waals surface area contributed by atoms with Gasteiger partial charge in [-0.2, -0.15) is 0 Å². The van der Waals surface area contributed by atoms with E-state index in [2.05, 4.69) is 24.1 Å². The van der Waals surface area contributed by atoms with Crippen LogP contribution in [0.25, 0.3) is 10.9 Å². The SMILES string of the molecule is COc1ccc2[nH]cc(C(C)(C)CNC(=O)C3CCCO3)c2c1. The van der Waals surface area contributed by atoms with Crippen LogP contribution >= 0.6 is 0 Å². The lowest BCUT2D eigenvalue weighted by molar-refractivity contribution is -0.130. The van der Waals surface area contributed by atoms with Gasteiger partial charge >= 0.3 is 0 Å². The molecule has 2 aromatic rings. The van der Waals surface area contributed by atoms with Gasteiger partial charge in [-0.25, -0.2) is 0 Å². The zero-order chi connectivity index (χ0) is 16.4. The first-order valence-corrected chi connectivity index (χ1v) is 8.06. The summed E-state index contributed by atoms with van der Waals surface area (Å²) in [5, 5.41) is 4.16. The maximum absolute atomic E-state index is 12.2. The van der Waals surface area contributed by atoms with E-state index in [-0.39, 0.29) is 17.4 Å². The highest BCUT2D eigenvalue weighted by Crippen LogP contribution is 2.32. The molecule has 124 valence electrons. The second-order valence-corrected chi connectivity index (χ2v) is 6.72. The molecule has 23 heavy (non-hydrogen) atoms. The molecule has 5 nitrogen and oxygen atoms in total. The Balaban J connectivity index is 1.77. The first kappa shape index (κ1) is 15.9. The number of amides is 1. The molecule has 0 aliphatic carbocycles. The molecule has 1 atom stereocenters. The first-order valence-electron chi connectivity index (χ1n) is 8.06. The van der Waals surface area contributed by atoms with Crippen LogP contribution in [0.3, 0.4) is 0 Å². The van der Waals surface area contributed by atoms with Crippen LogP contribution in [0.15, 0.2) is 24.4 Å². The van der Waals surface area contributed by atoms with Gasteiger partial charge in [-0.05, 0) is 36.6 Å². The van der Waals surface area contributed by atoms with Gasteiger partial charge in [-0.1, -0.05) is 13.8 Å². The van der Waals surface area contributed by atoms with Gasteiger partial charge in [0, 0.05) is 35.7 Å². The molecule has 1 unspecified atom stereocenters.